The lowest BCUT2D eigenvalue weighted by Crippen LogP contribution is -2.60. The molecule has 0 aliphatic carbocycles. The van der Waals surface area contributed by atoms with Crippen LogP contribution in [-0.2, 0) is 19.9 Å². The van der Waals surface area contributed by atoms with Crippen LogP contribution in [0.25, 0.3) is 11.1 Å². The molecule has 1 N–H and O–H groups in total. The Bertz CT molecular complexity index is 1370. The number of likely N-dealkylation sites (tertiary alicyclic amines) is 1. The number of benzene rings is 3. The molecule has 2 fully saturated rings. The van der Waals surface area contributed by atoms with Crippen LogP contribution in [-0.4, -0.2) is 49.6 Å². The molecule has 2 atom stereocenters. The Balaban J connectivity index is 1.45. The molecule has 0 bridgehead atoms. The molecule has 0 saturated carbocycles. The van der Waals surface area contributed by atoms with E-state index in [1.807, 2.05) is 6.07 Å². The Morgan fingerprint density at radius 2 is 1.60 bits per heavy atom. The lowest BCUT2D eigenvalue weighted by molar-refractivity contribution is -0.271. The summed E-state index contributed by atoms with van der Waals surface area (Å²) in [6.07, 6.45) is -4.19. The number of ether oxygens (including phenoxy) is 1. The van der Waals surface area contributed by atoms with Crippen LogP contribution >= 0.6 is 0 Å². The highest BCUT2D eigenvalue weighted by Crippen LogP contribution is 2.50. The lowest BCUT2D eigenvalue weighted by atomic mass is 9.62. The molecule has 2 amide bonds. The predicted octanol–water partition coefficient (Wildman–Crippen LogP) is 5.81. The van der Waals surface area contributed by atoms with Crippen molar-refractivity contribution in [1.29, 1.82) is 0 Å². The first-order valence-electron chi connectivity index (χ1n) is 13.2. The van der Waals surface area contributed by atoms with Crippen molar-refractivity contribution in [3.05, 3.63) is 95.8 Å². The van der Waals surface area contributed by atoms with Crippen molar-refractivity contribution in [2.45, 2.75) is 37.0 Å². The topological polar surface area (TPSA) is 58.6 Å². The van der Waals surface area contributed by atoms with Gasteiger partial charge in [-0.2, -0.15) is 13.2 Å². The van der Waals surface area contributed by atoms with E-state index >= 15 is 0 Å². The largest absolute Gasteiger partial charge is 0.430 e. The Hall–Kier alpha value is -3.72. The number of methoxy groups -OCH3 is 1. The zero-order valence-electron chi connectivity index (χ0n) is 22.0. The lowest BCUT2D eigenvalue weighted by Gasteiger charge is -2.50. The van der Waals surface area contributed by atoms with Crippen molar-refractivity contribution in [3.8, 4) is 11.1 Å². The van der Waals surface area contributed by atoms with Gasteiger partial charge < -0.3 is 15.0 Å². The van der Waals surface area contributed by atoms with E-state index in [0.29, 0.717) is 30.5 Å². The standard InChI is InChI=1S/C31H30F4N2O3/c1-40-30(31(33,34)35,24-9-5-8-23(18-24)21-6-3-2-4-7-21)28(39)37-16-14-29(15-17-37)19-27(38)36-20-26(29)22-10-12-25(32)13-11-22/h2-13,18,26H,14-17,19-20H2,1H3,(H,36,38)/t26-,30+/m0/s1. The summed E-state index contributed by atoms with van der Waals surface area (Å²) in [5.74, 6) is -1.85. The highest BCUT2D eigenvalue weighted by molar-refractivity contribution is 5.88. The van der Waals surface area contributed by atoms with E-state index in [2.05, 4.69) is 5.32 Å². The van der Waals surface area contributed by atoms with Crippen molar-refractivity contribution in [1.82, 2.24) is 10.2 Å². The van der Waals surface area contributed by atoms with Crippen LogP contribution < -0.4 is 5.32 Å². The smallest absolute Gasteiger partial charge is 0.356 e. The molecule has 2 saturated heterocycles. The molecule has 40 heavy (non-hydrogen) atoms. The van der Waals surface area contributed by atoms with Gasteiger partial charge in [-0.25, -0.2) is 4.39 Å². The number of halogens is 4. The summed E-state index contributed by atoms with van der Waals surface area (Å²) >= 11 is 0. The molecule has 0 aromatic heterocycles. The minimum absolute atomic E-state index is 0.0311. The van der Waals surface area contributed by atoms with Gasteiger partial charge in [-0.05, 0) is 53.1 Å². The van der Waals surface area contributed by atoms with Crippen LogP contribution in [0.5, 0.6) is 0 Å². The SMILES string of the molecule is CO[C@@](C(=O)N1CCC2(CC1)CC(=O)NC[C@H]2c1ccc(F)cc1)(c1cccc(-c2ccccc2)c1)C(F)(F)F. The van der Waals surface area contributed by atoms with E-state index in [1.54, 1.807) is 42.5 Å². The van der Waals surface area contributed by atoms with Gasteiger partial charge in [-0.1, -0.05) is 60.7 Å². The molecular formula is C31H30F4N2O3. The van der Waals surface area contributed by atoms with E-state index in [0.717, 1.165) is 12.7 Å². The van der Waals surface area contributed by atoms with E-state index in [9.17, 15) is 27.2 Å². The number of nitrogens with one attached hydrogen (secondary N) is 1. The predicted molar refractivity (Wildman–Crippen MR) is 142 cm³/mol. The van der Waals surface area contributed by atoms with Crippen LogP contribution in [0.2, 0.25) is 0 Å². The minimum atomic E-state index is -5.04. The molecule has 0 radical (unpaired) electrons. The van der Waals surface area contributed by atoms with Crippen molar-refractivity contribution >= 4 is 11.8 Å². The summed E-state index contributed by atoms with van der Waals surface area (Å²) in [4.78, 5) is 27.5. The number of hydrogen-bond acceptors (Lipinski definition) is 3. The van der Waals surface area contributed by atoms with Gasteiger partial charge in [0, 0.05) is 44.6 Å². The Morgan fingerprint density at radius 3 is 2.23 bits per heavy atom. The molecule has 2 aliphatic rings. The normalized spacial score (nSPS) is 20.6. The maximum absolute atomic E-state index is 14.9. The maximum Gasteiger partial charge on any atom is 0.430 e. The van der Waals surface area contributed by atoms with Crippen LogP contribution in [0.1, 0.15) is 36.3 Å². The molecule has 5 nitrogen and oxygen atoms in total. The van der Waals surface area contributed by atoms with Crippen molar-refractivity contribution in [2.24, 2.45) is 5.41 Å². The van der Waals surface area contributed by atoms with E-state index in [1.165, 1.54) is 35.2 Å². The molecular weight excluding hydrogens is 524 g/mol. The van der Waals surface area contributed by atoms with Gasteiger partial charge in [-0.3, -0.25) is 9.59 Å². The Kier molecular flexibility index (Phi) is 7.44. The first kappa shape index (κ1) is 27.8. The second-order valence-electron chi connectivity index (χ2n) is 10.6. The summed E-state index contributed by atoms with van der Waals surface area (Å²) in [5, 5.41) is 2.86. The molecule has 1 spiro atoms. The number of carbonyl (C=O) groups is 2. The number of amides is 2. The highest BCUT2D eigenvalue weighted by atomic mass is 19.4. The summed E-state index contributed by atoms with van der Waals surface area (Å²) in [7, 11) is 0.905. The number of piperidine rings is 2. The third-order valence-corrected chi connectivity index (χ3v) is 8.46. The van der Waals surface area contributed by atoms with E-state index < -0.39 is 23.1 Å². The van der Waals surface area contributed by atoms with Gasteiger partial charge in [-0.15, -0.1) is 0 Å². The van der Waals surface area contributed by atoms with Gasteiger partial charge in [0.05, 0.1) is 0 Å². The summed E-state index contributed by atoms with van der Waals surface area (Å²) in [6, 6.07) is 20.8. The van der Waals surface area contributed by atoms with Crippen molar-refractivity contribution < 1.29 is 31.9 Å². The first-order valence-corrected chi connectivity index (χ1v) is 13.2. The van der Waals surface area contributed by atoms with Crippen LogP contribution in [0.3, 0.4) is 0 Å². The molecule has 2 heterocycles. The summed E-state index contributed by atoms with van der Waals surface area (Å²) in [5.41, 5.74) is -1.95. The summed E-state index contributed by atoms with van der Waals surface area (Å²) < 4.78 is 63.3. The summed E-state index contributed by atoms with van der Waals surface area (Å²) in [6.45, 7) is 0.405. The third-order valence-electron chi connectivity index (χ3n) is 8.46. The zero-order valence-corrected chi connectivity index (χ0v) is 22.0. The quantitative estimate of drug-likeness (QED) is 0.405. The average Bonchev–Trinajstić information content (AvgIpc) is 2.95. The van der Waals surface area contributed by atoms with Gasteiger partial charge in [0.2, 0.25) is 5.91 Å². The van der Waals surface area contributed by atoms with Crippen molar-refractivity contribution in [3.63, 3.8) is 0 Å². The average molecular weight is 555 g/mol. The fraction of sp³-hybridized carbons (Fsp3) is 0.355. The Morgan fingerprint density at radius 1 is 0.950 bits per heavy atom. The number of carbonyl (C=O) groups excluding carboxylic acids is 2. The molecule has 2 aliphatic heterocycles. The van der Waals surface area contributed by atoms with Crippen molar-refractivity contribution in [2.75, 3.05) is 26.7 Å². The highest BCUT2D eigenvalue weighted by Gasteiger charge is 2.64. The fourth-order valence-electron chi connectivity index (χ4n) is 6.29. The van der Waals surface area contributed by atoms with E-state index in [4.69, 9.17) is 4.74 Å². The first-order chi connectivity index (χ1) is 19.1. The van der Waals surface area contributed by atoms with Gasteiger partial charge >= 0.3 is 6.18 Å². The molecule has 3 aromatic rings. The number of nitrogens with zero attached hydrogens (tertiary/aromatic N) is 1. The van der Waals surface area contributed by atoms with Crippen LogP contribution in [0.4, 0.5) is 17.6 Å². The van der Waals surface area contributed by atoms with Crippen LogP contribution in [0.15, 0.2) is 78.9 Å². The van der Waals surface area contributed by atoms with E-state index in [-0.39, 0.29) is 42.7 Å². The van der Waals surface area contributed by atoms with Crippen LogP contribution in [0, 0.1) is 11.2 Å². The van der Waals surface area contributed by atoms with Gasteiger partial charge in [0.25, 0.3) is 11.5 Å². The monoisotopic (exact) mass is 554 g/mol. The number of hydrogen-bond donors (Lipinski definition) is 1. The number of rotatable bonds is 5. The third kappa shape index (κ3) is 4.87. The maximum atomic E-state index is 14.9. The molecule has 9 heteroatoms. The minimum Gasteiger partial charge on any atom is -0.356 e. The second-order valence-corrected chi connectivity index (χ2v) is 10.6. The zero-order chi connectivity index (χ0) is 28.5. The molecule has 210 valence electrons. The Labute approximate surface area is 230 Å². The number of alkyl halides is 3. The van der Waals surface area contributed by atoms with Gasteiger partial charge in [0.1, 0.15) is 5.82 Å². The van der Waals surface area contributed by atoms with Gasteiger partial charge in [0.15, 0.2) is 0 Å². The molecule has 5 rings (SSSR count). The second kappa shape index (κ2) is 10.7. The molecule has 3 aromatic carbocycles. The molecule has 0 unspecified atom stereocenters. The fourth-order valence-corrected chi connectivity index (χ4v) is 6.29.